The van der Waals surface area contributed by atoms with Crippen LogP contribution in [0.1, 0.15) is 67.7 Å². The number of anilines is 3. The second-order valence-corrected chi connectivity index (χ2v) is 8.49. The first-order chi connectivity index (χ1) is 14.1. The van der Waals surface area contributed by atoms with E-state index in [-0.39, 0.29) is 23.4 Å². The highest BCUT2D eigenvalue weighted by Gasteiger charge is 2.26. The largest absolute Gasteiger partial charge is 0.391 e. The fraction of sp³-hybridized carbons (Fsp3) is 0.524. The summed E-state index contributed by atoms with van der Waals surface area (Å²) in [6.07, 6.45) is 1.40. The predicted molar refractivity (Wildman–Crippen MR) is 117 cm³/mol. The Balaban J connectivity index is 1.99. The first-order valence-corrected chi connectivity index (χ1v) is 10.3. The van der Waals surface area contributed by atoms with E-state index < -0.39 is 12.0 Å². The maximum Gasteiger partial charge on any atom is 0.254 e. The Morgan fingerprint density at radius 3 is 2.33 bits per heavy atom. The van der Waals surface area contributed by atoms with E-state index in [1.807, 2.05) is 17.0 Å². The van der Waals surface area contributed by atoms with Crippen molar-refractivity contribution >= 4 is 23.4 Å². The van der Waals surface area contributed by atoms with Gasteiger partial charge in [0.05, 0.1) is 6.10 Å². The van der Waals surface area contributed by atoms with Crippen molar-refractivity contribution in [2.24, 2.45) is 11.5 Å². The summed E-state index contributed by atoms with van der Waals surface area (Å²) in [4.78, 5) is 27.3. The molecule has 0 aromatic carbocycles. The number of carbonyl (C=O) groups is 1. The summed E-state index contributed by atoms with van der Waals surface area (Å²) in [6.45, 7) is 9.24. The highest BCUT2D eigenvalue weighted by atomic mass is 16.3. The number of nitrogens with two attached hydrogens (primary N) is 2. The topological polar surface area (TPSA) is 143 Å². The van der Waals surface area contributed by atoms with Crippen LogP contribution in [0.5, 0.6) is 0 Å². The number of aliphatic hydroxyl groups is 1. The monoisotopic (exact) mass is 413 g/mol. The molecule has 3 heterocycles. The van der Waals surface area contributed by atoms with Crippen molar-refractivity contribution in [1.29, 1.82) is 0 Å². The molecular weight excluding hydrogens is 382 g/mol. The number of hydrogen-bond donors (Lipinski definition) is 4. The maximum absolute atomic E-state index is 12.0. The fourth-order valence-electron chi connectivity index (χ4n) is 3.45. The summed E-state index contributed by atoms with van der Waals surface area (Å²) < 4.78 is 0. The molecule has 1 aliphatic rings. The van der Waals surface area contributed by atoms with Crippen molar-refractivity contribution in [3.8, 4) is 0 Å². The van der Waals surface area contributed by atoms with Gasteiger partial charge in [0.25, 0.3) is 5.91 Å². The summed E-state index contributed by atoms with van der Waals surface area (Å²) >= 11 is 0. The number of carbonyl (C=O) groups excluding carboxylic acids is 1. The van der Waals surface area contributed by atoms with Gasteiger partial charge in [0, 0.05) is 42.4 Å². The SMILES string of the molecule is CC(C)c1cc(Nc2nc(N3C[C@H](N)C[C@@H](O)C3)ncc2C(N)=O)cc(C(C)C)n1. The number of nitrogens with one attached hydrogen (secondary N) is 1. The lowest BCUT2D eigenvalue weighted by atomic mass is 10.0. The van der Waals surface area contributed by atoms with Gasteiger partial charge in [-0.15, -0.1) is 0 Å². The van der Waals surface area contributed by atoms with Gasteiger partial charge in [-0.25, -0.2) is 4.98 Å². The molecule has 1 amide bonds. The van der Waals surface area contributed by atoms with Crippen molar-refractivity contribution in [1.82, 2.24) is 15.0 Å². The number of piperidine rings is 1. The third-order valence-electron chi connectivity index (χ3n) is 5.10. The summed E-state index contributed by atoms with van der Waals surface area (Å²) in [7, 11) is 0. The minimum Gasteiger partial charge on any atom is -0.391 e. The van der Waals surface area contributed by atoms with Crippen LogP contribution in [0.15, 0.2) is 18.3 Å². The molecule has 0 bridgehead atoms. The highest BCUT2D eigenvalue weighted by Crippen LogP contribution is 2.27. The fourth-order valence-corrected chi connectivity index (χ4v) is 3.45. The van der Waals surface area contributed by atoms with Crippen LogP contribution in [0.4, 0.5) is 17.5 Å². The Morgan fingerprint density at radius 2 is 1.80 bits per heavy atom. The minimum atomic E-state index is -0.623. The number of aromatic nitrogens is 3. The van der Waals surface area contributed by atoms with Gasteiger partial charge in [-0.3, -0.25) is 9.78 Å². The average molecular weight is 414 g/mol. The minimum absolute atomic E-state index is 0.174. The average Bonchev–Trinajstić information content (AvgIpc) is 2.66. The van der Waals surface area contributed by atoms with Gasteiger partial charge in [0.2, 0.25) is 5.95 Å². The van der Waals surface area contributed by atoms with Crippen LogP contribution in [-0.2, 0) is 0 Å². The molecule has 2 aromatic rings. The van der Waals surface area contributed by atoms with Gasteiger partial charge in [-0.2, -0.15) is 4.98 Å². The summed E-state index contributed by atoms with van der Waals surface area (Å²) in [6, 6.07) is 3.72. The molecule has 0 radical (unpaired) electrons. The summed E-state index contributed by atoms with van der Waals surface area (Å²) in [5.74, 6) is 0.576. The van der Waals surface area contributed by atoms with Crippen LogP contribution < -0.4 is 21.7 Å². The number of primary amides is 1. The number of hydrogen-bond acceptors (Lipinski definition) is 8. The molecular formula is C21H31N7O2. The third-order valence-corrected chi connectivity index (χ3v) is 5.10. The molecule has 1 fully saturated rings. The molecule has 0 aliphatic carbocycles. The first-order valence-electron chi connectivity index (χ1n) is 10.3. The molecule has 0 saturated carbocycles. The van der Waals surface area contributed by atoms with Gasteiger partial charge in [0.15, 0.2) is 0 Å². The smallest absolute Gasteiger partial charge is 0.254 e. The van der Waals surface area contributed by atoms with Gasteiger partial charge < -0.3 is 26.8 Å². The molecule has 6 N–H and O–H groups in total. The van der Waals surface area contributed by atoms with E-state index >= 15 is 0 Å². The number of amides is 1. The Morgan fingerprint density at radius 1 is 1.17 bits per heavy atom. The van der Waals surface area contributed by atoms with E-state index in [4.69, 9.17) is 16.5 Å². The Bertz CT molecular complexity index is 880. The molecule has 1 aliphatic heterocycles. The Kier molecular flexibility index (Phi) is 6.52. The van der Waals surface area contributed by atoms with Gasteiger partial charge in [-0.1, -0.05) is 27.7 Å². The van der Waals surface area contributed by atoms with Crippen molar-refractivity contribution < 1.29 is 9.90 Å². The van der Waals surface area contributed by atoms with Crippen LogP contribution in [-0.4, -0.2) is 51.2 Å². The number of nitrogens with zero attached hydrogens (tertiary/aromatic N) is 4. The molecule has 0 spiro atoms. The quantitative estimate of drug-likeness (QED) is 0.562. The van der Waals surface area contributed by atoms with Crippen molar-refractivity contribution in [3.63, 3.8) is 0 Å². The number of pyridine rings is 1. The number of rotatable bonds is 6. The molecule has 9 nitrogen and oxygen atoms in total. The second-order valence-electron chi connectivity index (χ2n) is 8.49. The third kappa shape index (κ3) is 5.03. The van der Waals surface area contributed by atoms with Crippen molar-refractivity contribution in [2.45, 2.75) is 58.1 Å². The molecule has 0 unspecified atom stereocenters. The van der Waals surface area contributed by atoms with Gasteiger partial charge >= 0.3 is 0 Å². The Labute approximate surface area is 176 Å². The van der Waals surface area contributed by atoms with Gasteiger partial charge in [0.1, 0.15) is 11.4 Å². The van der Waals surface area contributed by atoms with Crippen LogP contribution in [0.25, 0.3) is 0 Å². The van der Waals surface area contributed by atoms with Crippen LogP contribution >= 0.6 is 0 Å². The lowest BCUT2D eigenvalue weighted by Crippen LogP contribution is -2.50. The molecule has 30 heavy (non-hydrogen) atoms. The summed E-state index contributed by atoms with van der Waals surface area (Å²) in [5, 5.41) is 13.3. The van der Waals surface area contributed by atoms with E-state index in [0.29, 0.717) is 31.3 Å². The van der Waals surface area contributed by atoms with E-state index in [2.05, 4.69) is 43.0 Å². The highest BCUT2D eigenvalue weighted by molar-refractivity contribution is 5.98. The molecule has 3 rings (SSSR count). The second kappa shape index (κ2) is 8.93. The molecule has 1 saturated heterocycles. The molecule has 2 atom stereocenters. The zero-order valence-corrected chi connectivity index (χ0v) is 18.0. The number of aliphatic hydroxyl groups excluding tert-OH is 1. The molecule has 2 aromatic heterocycles. The van der Waals surface area contributed by atoms with E-state index in [0.717, 1.165) is 17.1 Å². The summed E-state index contributed by atoms with van der Waals surface area (Å²) in [5.41, 5.74) is 14.4. The first kappa shape index (κ1) is 21.9. The van der Waals surface area contributed by atoms with Crippen LogP contribution in [0.2, 0.25) is 0 Å². The van der Waals surface area contributed by atoms with E-state index in [1.54, 1.807) is 0 Å². The predicted octanol–water partition coefficient (Wildman–Crippen LogP) is 1.86. The number of β-amino-alcohol motifs (C(OH)–C–C–N with tert-alkyl or cyclic N) is 1. The van der Waals surface area contributed by atoms with E-state index in [9.17, 15) is 9.90 Å². The van der Waals surface area contributed by atoms with Crippen molar-refractivity contribution in [3.05, 3.63) is 35.3 Å². The Hall–Kier alpha value is -2.78. The normalized spacial score (nSPS) is 19.4. The lowest BCUT2D eigenvalue weighted by Gasteiger charge is -2.34. The van der Waals surface area contributed by atoms with Crippen LogP contribution in [0.3, 0.4) is 0 Å². The van der Waals surface area contributed by atoms with Gasteiger partial charge in [-0.05, 0) is 30.4 Å². The maximum atomic E-state index is 12.0. The lowest BCUT2D eigenvalue weighted by molar-refractivity contribution is 0.1000. The van der Waals surface area contributed by atoms with E-state index in [1.165, 1.54) is 6.20 Å². The standard InChI is InChI=1S/C21H31N7O2/c1-11(2)17-6-14(7-18(26-17)12(3)4)25-20-16(19(23)30)8-24-21(27-20)28-9-13(22)5-15(29)10-28/h6-8,11-13,15,29H,5,9-10,22H2,1-4H3,(H2,23,30)(H,24,25,26,27)/t13-,15-/m1/s1. The zero-order valence-electron chi connectivity index (χ0n) is 18.0. The molecule has 162 valence electrons. The molecule has 9 heteroatoms. The van der Waals surface area contributed by atoms with Crippen molar-refractivity contribution in [2.75, 3.05) is 23.3 Å². The zero-order chi connectivity index (χ0) is 22.0. The van der Waals surface area contributed by atoms with Crippen LogP contribution in [0, 0.1) is 0 Å².